The molecule has 0 atom stereocenters. The molecule has 0 unspecified atom stereocenters. The van der Waals surface area contributed by atoms with Crippen LogP contribution in [0, 0.1) is 6.92 Å². The third kappa shape index (κ3) is 3.23. The van der Waals surface area contributed by atoms with E-state index < -0.39 is 0 Å². The number of hydrogen-bond donors (Lipinski definition) is 0. The zero-order valence-corrected chi connectivity index (χ0v) is 14.9. The molecule has 7 nitrogen and oxygen atoms in total. The molecule has 1 aliphatic carbocycles. The van der Waals surface area contributed by atoms with Crippen molar-refractivity contribution in [2.45, 2.75) is 32.1 Å². The van der Waals surface area contributed by atoms with Gasteiger partial charge in [0, 0.05) is 39.1 Å². The predicted octanol–water partition coefficient (Wildman–Crippen LogP) is 1.75. The lowest BCUT2D eigenvalue weighted by molar-refractivity contribution is 0.0765. The minimum atomic E-state index is 0.117. The minimum absolute atomic E-state index is 0.117. The first-order chi connectivity index (χ1) is 12.1. The van der Waals surface area contributed by atoms with Gasteiger partial charge in [0.25, 0.3) is 5.91 Å². The number of anilines is 1. The van der Waals surface area contributed by atoms with Crippen LogP contribution in [0.2, 0.25) is 0 Å². The van der Waals surface area contributed by atoms with Crippen molar-refractivity contribution in [1.82, 2.24) is 24.9 Å². The quantitative estimate of drug-likeness (QED) is 0.851. The van der Waals surface area contributed by atoms with Crippen molar-refractivity contribution in [3.63, 3.8) is 0 Å². The van der Waals surface area contributed by atoms with Crippen LogP contribution in [-0.4, -0.2) is 57.0 Å². The molecule has 0 N–H and O–H groups in total. The van der Waals surface area contributed by atoms with Gasteiger partial charge in [0.2, 0.25) is 0 Å². The standard InChI is InChI=1S/C18H24N6O/c1-13-4-7-16(21-20-13)23-8-3-9-24(11-10-23)18(25)15-12-19-22(2)17(15)14-5-6-14/h4,7,12,14H,3,5-6,8-11H2,1-2H3. The molecule has 25 heavy (non-hydrogen) atoms. The fourth-order valence-corrected chi connectivity index (χ4v) is 3.53. The lowest BCUT2D eigenvalue weighted by Gasteiger charge is -2.22. The Morgan fingerprint density at radius 2 is 1.96 bits per heavy atom. The number of aryl methyl sites for hydroxylation is 2. The Hall–Kier alpha value is -2.44. The van der Waals surface area contributed by atoms with E-state index in [1.165, 1.54) is 12.8 Å². The van der Waals surface area contributed by atoms with E-state index in [-0.39, 0.29) is 5.91 Å². The van der Waals surface area contributed by atoms with E-state index in [1.54, 1.807) is 6.20 Å². The van der Waals surface area contributed by atoms with Gasteiger partial charge in [-0.25, -0.2) is 0 Å². The first kappa shape index (κ1) is 16.1. The molecular weight excluding hydrogens is 316 g/mol. The maximum absolute atomic E-state index is 13.0. The van der Waals surface area contributed by atoms with Crippen LogP contribution in [-0.2, 0) is 7.05 Å². The maximum atomic E-state index is 13.0. The lowest BCUT2D eigenvalue weighted by atomic mass is 10.1. The molecule has 2 aromatic rings. The molecule has 2 aliphatic rings. The van der Waals surface area contributed by atoms with Crippen molar-refractivity contribution in [2.24, 2.45) is 7.05 Å². The molecule has 3 heterocycles. The average Bonchev–Trinajstić information content (AvgIpc) is 3.41. The largest absolute Gasteiger partial charge is 0.353 e. The molecule has 132 valence electrons. The van der Waals surface area contributed by atoms with Gasteiger partial charge in [0.15, 0.2) is 5.82 Å². The van der Waals surface area contributed by atoms with Crippen molar-refractivity contribution in [3.8, 4) is 0 Å². The van der Waals surface area contributed by atoms with Gasteiger partial charge in [-0.3, -0.25) is 9.48 Å². The zero-order chi connectivity index (χ0) is 17.4. The third-order valence-electron chi connectivity index (χ3n) is 5.07. The van der Waals surface area contributed by atoms with Crippen LogP contribution in [0.25, 0.3) is 0 Å². The molecule has 0 spiro atoms. The Balaban J connectivity index is 1.47. The van der Waals surface area contributed by atoms with Gasteiger partial charge in [-0.05, 0) is 38.3 Å². The Morgan fingerprint density at radius 1 is 1.12 bits per heavy atom. The number of aromatic nitrogens is 4. The molecule has 2 fully saturated rings. The lowest BCUT2D eigenvalue weighted by Crippen LogP contribution is -2.35. The summed E-state index contributed by atoms with van der Waals surface area (Å²) in [6, 6.07) is 3.99. The van der Waals surface area contributed by atoms with E-state index in [2.05, 4.69) is 20.2 Å². The Bertz CT molecular complexity index is 764. The Kier molecular flexibility index (Phi) is 4.15. The van der Waals surface area contributed by atoms with Crippen LogP contribution in [0.1, 0.15) is 46.9 Å². The first-order valence-corrected chi connectivity index (χ1v) is 9.00. The summed E-state index contributed by atoms with van der Waals surface area (Å²) in [5, 5.41) is 12.8. The van der Waals surface area contributed by atoms with Crippen LogP contribution in [0.4, 0.5) is 5.82 Å². The smallest absolute Gasteiger partial charge is 0.257 e. The fourth-order valence-electron chi connectivity index (χ4n) is 3.53. The molecule has 1 amide bonds. The molecule has 1 aliphatic heterocycles. The maximum Gasteiger partial charge on any atom is 0.257 e. The monoisotopic (exact) mass is 340 g/mol. The van der Waals surface area contributed by atoms with E-state index in [1.807, 2.05) is 35.7 Å². The van der Waals surface area contributed by atoms with Crippen LogP contribution in [0.15, 0.2) is 18.3 Å². The summed E-state index contributed by atoms with van der Waals surface area (Å²) in [5.74, 6) is 1.52. The Morgan fingerprint density at radius 3 is 2.68 bits per heavy atom. The van der Waals surface area contributed by atoms with E-state index in [4.69, 9.17) is 0 Å². The highest BCUT2D eigenvalue weighted by Crippen LogP contribution is 2.41. The fraction of sp³-hybridized carbons (Fsp3) is 0.556. The first-order valence-electron chi connectivity index (χ1n) is 9.00. The van der Waals surface area contributed by atoms with E-state index in [0.717, 1.165) is 48.8 Å². The van der Waals surface area contributed by atoms with Crippen LogP contribution in [0.5, 0.6) is 0 Å². The van der Waals surface area contributed by atoms with Crippen molar-refractivity contribution in [3.05, 3.63) is 35.3 Å². The van der Waals surface area contributed by atoms with Gasteiger partial charge in [0.05, 0.1) is 23.1 Å². The number of carbonyl (C=O) groups excluding carboxylic acids is 1. The van der Waals surface area contributed by atoms with E-state index in [0.29, 0.717) is 12.5 Å². The van der Waals surface area contributed by atoms with Crippen LogP contribution >= 0.6 is 0 Å². The van der Waals surface area contributed by atoms with Gasteiger partial charge in [0.1, 0.15) is 0 Å². The summed E-state index contributed by atoms with van der Waals surface area (Å²) in [5.41, 5.74) is 2.81. The molecular formula is C18H24N6O. The summed E-state index contributed by atoms with van der Waals surface area (Å²) < 4.78 is 1.87. The van der Waals surface area contributed by atoms with Crippen molar-refractivity contribution >= 4 is 11.7 Å². The van der Waals surface area contributed by atoms with Crippen molar-refractivity contribution < 1.29 is 4.79 Å². The summed E-state index contributed by atoms with van der Waals surface area (Å²) in [6.45, 7) is 5.08. The number of carbonyl (C=O) groups is 1. The number of rotatable bonds is 3. The number of nitrogens with zero attached hydrogens (tertiary/aromatic N) is 6. The highest BCUT2D eigenvalue weighted by Gasteiger charge is 2.33. The average molecular weight is 340 g/mol. The third-order valence-corrected chi connectivity index (χ3v) is 5.07. The molecule has 2 aromatic heterocycles. The summed E-state index contributed by atoms with van der Waals surface area (Å²) >= 11 is 0. The second kappa shape index (κ2) is 6.46. The molecule has 0 radical (unpaired) electrons. The zero-order valence-electron chi connectivity index (χ0n) is 14.9. The van der Waals surface area contributed by atoms with Gasteiger partial charge < -0.3 is 9.80 Å². The number of hydrogen-bond acceptors (Lipinski definition) is 5. The summed E-state index contributed by atoms with van der Waals surface area (Å²) in [7, 11) is 1.94. The normalized spacial score (nSPS) is 18.3. The molecule has 0 aromatic carbocycles. The van der Waals surface area contributed by atoms with Gasteiger partial charge in [-0.2, -0.15) is 10.2 Å². The van der Waals surface area contributed by atoms with Crippen LogP contribution in [0.3, 0.4) is 0 Å². The predicted molar refractivity (Wildman–Crippen MR) is 94.7 cm³/mol. The molecule has 7 heteroatoms. The number of amides is 1. The highest BCUT2D eigenvalue weighted by molar-refractivity contribution is 5.95. The topological polar surface area (TPSA) is 67.2 Å². The Labute approximate surface area is 147 Å². The highest BCUT2D eigenvalue weighted by atomic mass is 16.2. The summed E-state index contributed by atoms with van der Waals surface area (Å²) in [4.78, 5) is 17.2. The van der Waals surface area contributed by atoms with Crippen LogP contribution < -0.4 is 4.90 Å². The molecule has 0 bridgehead atoms. The van der Waals surface area contributed by atoms with Gasteiger partial charge >= 0.3 is 0 Å². The second-order valence-electron chi connectivity index (χ2n) is 7.01. The van der Waals surface area contributed by atoms with Gasteiger partial charge in [-0.15, -0.1) is 5.10 Å². The SMILES string of the molecule is Cc1ccc(N2CCCN(C(=O)c3cnn(C)c3C3CC3)CC2)nn1. The van der Waals surface area contributed by atoms with Crippen molar-refractivity contribution in [2.75, 3.05) is 31.1 Å². The van der Waals surface area contributed by atoms with E-state index >= 15 is 0 Å². The van der Waals surface area contributed by atoms with Gasteiger partial charge in [-0.1, -0.05) is 0 Å². The molecule has 1 saturated heterocycles. The summed E-state index contributed by atoms with van der Waals surface area (Å²) in [6.07, 6.45) is 5.00. The minimum Gasteiger partial charge on any atom is -0.353 e. The van der Waals surface area contributed by atoms with Crippen molar-refractivity contribution in [1.29, 1.82) is 0 Å². The van der Waals surface area contributed by atoms with E-state index in [9.17, 15) is 4.79 Å². The molecule has 1 saturated carbocycles. The second-order valence-corrected chi connectivity index (χ2v) is 7.01. The molecule has 4 rings (SSSR count).